The van der Waals surface area contributed by atoms with Gasteiger partial charge in [-0.05, 0) is 42.8 Å². The Balaban J connectivity index is 1.48. The zero-order chi connectivity index (χ0) is 25.3. The largest absolute Gasteiger partial charge is 0.433 e. The molecule has 3 saturated heterocycles. The lowest BCUT2D eigenvalue weighted by Crippen LogP contribution is -2.63. The van der Waals surface area contributed by atoms with Crippen LogP contribution >= 0.6 is 11.6 Å². The molecule has 8 nitrogen and oxygen atoms in total. The highest BCUT2D eigenvalue weighted by Crippen LogP contribution is 2.45. The minimum Gasteiger partial charge on any atom is -0.321 e. The summed E-state index contributed by atoms with van der Waals surface area (Å²) in [4.78, 5) is 43.2. The van der Waals surface area contributed by atoms with Crippen molar-refractivity contribution in [2.75, 3.05) is 30.0 Å². The number of carbonyl (C=O) groups is 3. The number of fused-ring (bicyclic) bond motifs is 1. The molecule has 3 aliphatic heterocycles. The van der Waals surface area contributed by atoms with Gasteiger partial charge in [-0.25, -0.2) is 14.2 Å². The third-order valence-electron chi connectivity index (χ3n) is 6.94. The number of nitriles is 1. The molecular weight excluding hydrogens is 487 g/mol. The van der Waals surface area contributed by atoms with E-state index < -0.39 is 46.2 Å². The third kappa shape index (κ3) is 3.32. The average molecular weight is 505 g/mol. The SMILES string of the molecule is Cc1c(N2C(=O)C3CN4CC(C(=O)Nc5cccc(C(F)(F)F)c5)[N+]3(C4)C2=O)ccc(C#N)c1Cl. The van der Waals surface area contributed by atoms with Crippen molar-refractivity contribution in [1.82, 2.24) is 4.90 Å². The van der Waals surface area contributed by atoms with Gasteiger partial charge in [0, 0.05) is 5.69 Å². The molecule has 35 heavy (non-hydrogen) atoms. The second-order valence-corrected chi connectivity index (χ2v) is 9.22. The van der Waals surface area contributed by atoms with Crippen LogP contribution in [0, 0.1) is 18.3 Å². The summed E-state index contributed by atoms with van der Waals surface area (Å²) in [6, 6.07) is 6.65. The van der Waals surface area contributed by atoms with Gasteiger partial charge in [-0.3, -0.25) is 9.59 Å². The standard InChI is InChI=1S/C23H17ClF3N5O3/c1-12-16(6-5-13(8-28)19(12)24)31-21(34)18-10-30-9-17(32(18,11-30)22(31)35)20(33)29-15-4-2-3-14(7-15)23(25,26)27/h2-7,17-18H,9-11H2,1H3/p+1. The van der Waals surface area contributed by atoms with E-state index in [0.717, 1.165) is 17.0 Å². The molecule has 0 aliphatic carbocycles. The molecule has 0 saturated carbocycles. The minimum atomic E-state index is -4.58. The number of amides is 4. The molecule has 3 heterocycles. The van der Waals surface area contributed by atoms with Gasteiger partial charge in [0.2, 0.25) is 0 Å². The van der Waals surface area contributed by atoms with Crippen molar-refractivity contribution in [1.29, 1.82) is 5.26 Å². The normalized spacial score (nSPS) is 27.2. The van der Waals surface area contributed by atoms with Gasteiger partial charge in [0.15, 0.2) is 12.1 Å². The summed E-state index contributed by atoms with van der Waals surface area (Å²) < 4.78 is 38.8. The van der Waals surface area contributed by atoms with Gasteiger partial charge < -0.3 is 5.32 Å². The van der Waals surface area contributed by atoms with E-state index in [-0.39, 0.29) is 41.7 Å². The number of rotatable bonds is 3. The summed E-state index contributed by atoms with van der Waals surface area (Å²) in [5, 5.41) is 11.8. The Morgan fingerprint density at radius 2 is 1.97 bits per heavy atom. The fourth-order valence-electron chi connectivity index (χ4n) is 5.26. The van der Waals surface area contributed by atoms with Crippen LogP contribution in [0.5, 0.6) is 0 Å². The second kappa shape index (κ2) is 7.78. The van der Waals surface area contributed by atoms with Crippen molar-refractivity contribution in [2.45, 2.75) is 25.2 Å². The van der Waals surface area contributed by atoms with E-state index in [1.165, 1.54) is 24.3 Å². The minimum absolute atomic E-state index is 0.0527. The first-order chi connectivity index (χ1) is 16.5. The van der Waals surface area contributed by atoms with Gasteiger partial charge in [-0.2, -0.15) is 23.3 Å². The van der Waals surface area contributed by atoms with Gasteiger partial charge >= 0.3 is 12.2 Å². The average Bonchev–Trinajstić information content (AvgIpc) is 3.44. The summed E-state index contributed by atoms with van der Waals surface area (Å²) in [5.74, 6) is -1.13. The van der Waals surface area contributed by atoms with E-state index in [9.17, 15) is 32.8 Å². The fraction of sp³-hybridized carbons (Fsp3) is 0.304. The van der Waals surface area contributed by atoms with Crippen LogP contribution < -0.4 is 10.2 Å². The van der Waals surface area contributed by atoms with Crippen molar-refractivity contribution >= 4 is 40.8 Å². The first-order valence-electron chi connectivity index (χ1n) is 10.6. The fourth-order valence-corrected chi connectivity index (χ4v) is 5.47. The maximum atomic E-state index is 13.8. The van der Waals surface area contributed by atoms with Crippen molar-refractivity contribution in [3.05, 3.63) is 58.1 Å². The molecule has 1 spiro atoms. The molecular formula is C23H18ClF3N5O3+. The molecule has 3 aliphatic rings. The molecule has 12 heteroatoms. The topological polar surface area (TPSA) is 93.5 Å². The van der Waals surface area contributed by atoms with E-state index >= 15 is 0 Å². The number of hydrogen-bond donors (Lipinski definition) is 1. The number of alkyl halides is 3. The number of urea groups is 1. The number of imide groups is 1. The monoisotopic (exact) mass is 504 g/mol. The van der Waals surface area contributed by atoms with E-state index in [1.54, 1.807) is 6.92 Å². The van der Waals surface area contributed by atoms with Gasteiger partial charge in [0.1, 0.15) is 12.7 Å². The molecule has 0 radical (unpaired) electrons. The van der Waals surface area contributed by atoms with Crippen molar-refractivity contribution < 1.29 is 32.0 Å². The van der Waals surface area contributed by atoms with Crippen LogP contribution in [0.2, 0.25) is 5.02 Å². The number of carbonyl (C=O) groups excluding carboxylic acids is 3. The highest BCUT2D eigenvalue weighted by molar-refractivity contribution is 6.33. The Labute approximate surface area is 202 Å². The summed E-state index contributed by atoms with van der Waals surface area (Å²) in [5.41, 5.74) is -0.147. The van der Waals surface area contributed by atoms with Gasteiger partial charge in [-0.1, -0.05) is 17.7 Å². The van der Waals surface area contributed by atoms with Gasteiger partial charge in [-0.15, -0.1) is 0 Å². The van der Waals surface area contributed by atoms with Crippen LogP contribution in [0.3, 0.4) is 0 Å². The predicted octanol–water partition coefficient (Wildman–Crippen LogP) is 3.48. The van der Waals surface area contributed by atoms with Crippen molar-refractivity contribution in [3.63, 3.8) is 0 Å². The zero-order valence-corrected chi connectivity index (χ0v) is 19.0. The number of hydrogen-bond acceptors (Lipinski definition) is 5. The van der Waals surface area contributed by atoms with E-state index in [2.05, 4.69) is 5.32 Å². The Morgan fingerprint density at radius 1 is 1.23 bits per heavy atom. The molecule has 180 valence electrons. The second-order valence-electron chi connectivity index (χ2n) is 8.85. The quantitative estimate of drug-likeness (QED) is 0.510. The number of nitrogens with zero attached hydrogens (tertiary/aromatic N) is 4. The first-order valence-corrected chi connectivity index (χ1v) is 11.0. The maximum absolute atomic E-state index is 13.8. The number of quaternary nitrogens is 1. The van der Waals surface area contributed by atoms with E-state index in [4.69, 9.17) is 11.6 Å². The molecule has 4 atom stereocenters. The lowest BCUT2D eigenvalue weighted by atomic mass is 10.1. The van der Waals surface area contributed by atoms with Crippen LogP contribution in [0.1, 0.15) is 16.7 Å². The van der Waals surface area contributed by atoms with Crippen LogP contribution in [0.15, 0.2) is 36.4 Å². The third-order valence-corrected chi connectivity index (χ3v) is 7.43. The number of anilines is 2. The van der Waals surface area contributed by atoms with E-state index in [1.807, 2.05) is 11.0 Å². The molecule has 2 aromatic carbocycles. The molecule has 2 aromatic rings. The molecule has 4 amide bonds. The van der Waals surface area contributed by atoms with Crippen molar-refractivity contribution in [3.8, 4) is 6.07 Å². The number of benzene rings is 2. The van der Waals surface area contributed by atoms with Gasteiger partial charge in [0.05, 0.1) is 34.9 Å². The van der Waals surface area contributed by atoms with Crippen LogP contribution in [0.25, 0.3) is 0 Å². The Morgan fingerprint density at radius 3 is 2.66 bits per heavy atom. The molecule has 5 rings (SSSR count). The summed E-state index contributed by atoms with van der Waals surface area (Å²) in [6.07, 6.45) is -4.58. The smallest absolute Gasteiger partial charge is 0.321 e. The van der Waals surface area contributed by atoms with Crippen LogP contribution in [-0.2, 0) is 15.8 Å². The van der Waals surface area contributed by atoms with Gasteiger partial charge in [0.25, 0.3) is 11.8 Å². The summed E-state index contributed by atoms with van der Waals surface area (Å²) >= 11 is 6.25. The van der Waals surface area contributed by atoms with E-state index in [0.29, 0.717) is 5.56 Å². The molecule has 0 aromatic heterocycles. The number of halogens is 4. The highest BCUT2D eigenvalue weighted by atomic mass is 35.5. The molecule has 2 bridgehead atoms. The predicted molar refractivity (Wildman–Crippen MR) is 118 cm³/mol. The first kappa shape index (κ1) is 23.3. The lowest BCUT2D eigenvalue weighted by molar-refractivity contribution is -0.852. The Bertz CT molecular complexity index is 1340. The Kier molecular flexibility index (Phi) is 5.17. The molecule has 3 fully saturated rings. The summed E-state index contributed by atoms with van der Waals surface area (Å²) in [6.45, 7) is 2.19. The number of nitrogens with one attached hydrogen (secondary N) is 1. The zero-order valence-electron chi connectivity index (χ0n) is 18.3. The molecule has 4 unspecified atom stereocenters. The van der Waals surface area contributed by atoms with Crippen LogP contribution in [-0.4, -0.2) is 59.1 Å². The summed E-state index contributed by atoms with van der Waals surface area (Å²) in [7, 11) is 0. The van der Waals surface area contributed by atoms with Crippen molar-refractivity contribution in [2.24, 2.45) is 0 Å². The highest BCUT2D eigenvalue weighted by Gasteiger charge is 2.73. The number of piperazine rings is 1. The lowest BCUT2D eigenvalue weighted by Gasteiger charge is -2.32. The maximum Gasteiger partial charge on any atom is 0.433 e. The van der Waals surface area contributed by atoms with Crippen LogP contribution in [0.4, 0.5) is 29.3 Å². The Hall–Kier alpha value is -3.46. The molecule has 1 N–H and O–H groups in total.